The molecular weight excluding hydrogens is 157 g/mol. The minimum absolute atomic E-state index is 0. The molecule has 46 valence electrons. The third-order valence-electron chi connectivity index (χ3n) is 0.967. The molecule has 1 rings (SSSR count). The van der Waals surface area contributed by atoms with Gasteiger partial charge in [-0.05, 0) is 0 Å². The predicted octanol–water partition coefficient (Wildman–Crippen LogP) is -1.40. The topological polar surface area (TPSA) is 43.1 Å². The molecule has 1 aromatic rings. The van der Waals surface area contributed by atoms with E-state index in [9.17, 15) is 10.1 Å². The van der Waals surface area contributed by atoms with Gasteiger partial charge in [0.1, 0.15) is 0 Å². The van der Waals surface area contributed by atoms with Gasteiger partial charge in [0.05, 0.1) is 4.92 Å². The van der Waals surface area contributed by atoms with Gasteiger partial charge >= 0.3 is 51.4 Å². The van der Waals surface area contributed by atoms with Gasteiger partial charge in [0.15, 0.2) is 0 Å². The molecule has 0 N–H and O–H groups in total. The van der Waals surface area contributed by atoms with Crippen LogP contribution >= 0.6 is 0 Å². The minimum atomic E-state index is -0.417. The van der Waals surface area contributed by atoms with Crippen molar-refractivity contribution in [1.82, 2.24) is 0 Å². The maximum atomic E-state index is 10.0. The summed E-state index contributed by atoms with van der Waals surface area (Å²) in [7, 11) is 0. The minimum Gasteiger partial charge on any atom is -0.258 e. The van der Waals surface area contributed by atoms with Crippen molar-refractivity contribution < 1.29 is 56.3 Å². The van der Waals surface area contributed by atoms with Crippen LogP contribution in [0.15, 0.2) is 30.3 Å². The molecule has 0 aliphatic heterocycles. The van der Waals surface area contributed by atoms with Gasteiger partial charge in [0.25, 0.3) is 5.69 Å². The second kappa shape index (κ2) is 4.98. The van der Waals surface area contributed by atoms with Crippen LogP contribution in [0.1, 0.15) is 0 Å². The van der Waals surface area contributed by atoms with Crippen molar-refractivity contribution in [3.05, 3.63) is 40.4 Å². The maximum absolute atomic E-state index is 10.0. The predicted molar refractivity (Wildman–Crippen MR) is 33.1 cm³/mol. The maximum Gasteiger partial charge on any atom is 1.00 e. The molecule has 0 fully saturated rings. The molecule has 0 atom stereocenters. The molecule has 0 aliphatic carbocycles. The third kappa shape index (κ3) is 2.89. The number of para-hydroxylation sites is 1. The average molecular weight is 162 g/mol. The number of benzene rings is 1. The van der Waals surface area contributed by atoms with E-state index in [0.717, 1.165) is 0 Å². The number of nitro groups is 1. The fourth-order valence-electron chi connectivity index (χ4n) is 0.550. The molecular formula is C6H5KNO2+. The van der Waals surface area contributed by atoms with Gasteiger partial charge in [-0.1, -0.05) is 18.2 Å². The zero-order valence-electron chi connectivity index (χ0n) is 5.65. The van der Waals surface area contributed by atoms with Crippen LogP contribution in [0.5, 0.6) is 0 Å². The van der Waals surface area contributed by atoms with Gasteiger partial charge < -0.3 is 0 Å². The van der Waals surface area contributed by atoms with Crippen molar-refractivity contribution >= 4 is 5.69 Å². The number of hydrogen-bond acceptors (Lipinski definition) is 2. The van der Waals surface area contributed by atoms with Gasteiger partial charge in [-0.15, -0.1) is 0 Å². The molecule has 0 saturated heterocycles. The second-order valence-electron chi connectivity index (χ2n) is 1.59. The summed E-state index contributed by atoms with van der Waals surface area (Å²) in [5.41, 5.74) is 0.137. The molecule has 0 amide bonds. The van der Waals surface area contributed by atoms with E-state index >= 15 is 0 Å². The fourth-order valence-corrected chi connectivity index (χ4v) is 0.550. The van der Waals surface area contributed by atoms with Crippen molar-refractivity contribution in [2.45, 2.75) is 0 Å². The van der Waals surface area contributed by atoms with E-state index in [-0.39, 0.29) is 57.1 Å². The van der Waals surface area contributed by atoms with E-state index in [1.54, 1.807) is 18.2 Å². The first-order chi connectivity index (χ1) is 4.30. The standard InChI is InChI=1S/C6H5NO2.K/c8-7(9)6-4-2-1-3-5-6;/h1-5H;/q;+1. The summed E-state index contributed by atoms with van der Waals surface area (Å²) >= 11 is 0. The Hall–Kier alpha value is 0.256. The molecule has 0 aliphatic rings. The summed E-state index contributed by atoms with van der Waals surface area (Å²) in [6, 6.07) is 7.93. The summed E-state index contributed by atoms with van der Waals surface area (Å²) in [6.45, 7) is 0. The van der Waals surface area contributed by atoms with Gasteiger partial charge in [0, 0.05) is 12.1 Å². The SMILES string of the molecule is O=[N+]([O-])c1ccccc1.[K+]. The zero-order valence-corrected chi connectivity index (χ0v) is 8.77. The number of nitrogens with zero attached hydrogens (tertiary/aromatic N) is 1. The monoisotopic (exact) mass is 162 g/mol. The van der Waals surface area contributed by atoms with E-state index in [0.29, 0.717) is 0 Å². The molecule has 1 aromatic carbocycles. The van der Waals surface area contributed by atoms with Crippen molar-refractivity contribution in [3.63, 3.8) is 0 Å². The number of nitro benzene ring substituents is 1. The summed E-state index contributed by atoms with van der Waals surface area (Å²) in [4.78, 5) is 9.59. The Kier molecular flexibility index (Phi) is 5.11. The average Bonchev–Trinajstić information content (AvgIpc) is 1.90. The molecule has 0 spiro atoms. The van der Waals surface area contributed by atoms with E-state index in [1.165, 1.54) is 12.1 Å². The third-order valence-corrected chi connectivity index (χ3v) is 0.967. The normalized spacial score (nSPS) is 8.00. The van der Waals surface area contributed by atoms with E-state index in [4.69, 9.17) is 0 Å². The quantitative estimate of drug-likeness (QED) is 0.289. The van der Waals surface area contributed by atoms with Crippen LogP contribution in [-0.2, 0) is 0 Å². The molecule has 0 radical (unpaired) electrons. The Morgan fingerprint density at radius 3 is 2.00 bits per heavy atom. The van der Waals surface area contributed by atoms with Crippen LogP contribution in [-0.4, -0.2) is 4.92 Å². The summed E-state index contributed by atoms with van der Waals surface area (Å²) in [5.74, 6) is 0. The second-order valence-corrected chi connectivity index (χ2v) is 1.59. The molecule has 4 heteroatoms. The summed E-state index contributed by atoms with van der Waals surface area (Å²) in [6.07, 6.45) is 0. The fraction of sp³-hybridized carbons (Fsp3) is 0. The largest absolute Gasteiger partial charge is 1.00 e. The van der Waals surface area contributed by atoms with Crippen LogP contribution in [0.3, 0.4) is 0 Å². The van der Waals surface area contributed by atoms with Gasteiger partial charge in [-0.2, -0.15) is 0 Å². The first-order valence-electron chi connectivity index (χ1n) is 2.50. The summed E-state index contributed by atoms with van der Waals surface area (Å²) in [5, 5.41) is 10.0. The molecule has 10 heavy (non-hydrogen) atoms. The molecule has 0 heterocycles. The van der Waals surface area contributed by atoms with E-state index in [2.05, 4.69) is 0 Å². The number of non-ortho nitro benzene ring substituents is 1. The van der Waals surface area contributed by atoms with E-state index < -0.39 is 4.92 Å². The van der Waals surface area contributed by atoms with Gasteiger partial charge in [0.2, 0.25) is 0 Å². The van der Waals surface area contributed by atoms with Crippen molar-refractivity contribution in [2.24, 2.45) is 0 Å². The molecule has 0 aromatic heterocycles. The molecule has 0 saturated carbocycles. The summed E-state index contributed by atoms with van der Waals surface area (Å²) < 4.78 is 0. The van der Waals surface area contributed by atoms with Crippen LogP contribution < -0.4 is 51.4 Å². The van der Waals surface area contributed by atoms with Crippen molar-refractivity contribution in [1.29, 1.82) is 0 Å². The van der Waals surface area contributed by atoms with Crippen LogP contribution in [0.2, 0.25) is 0 Å². The first-order valence-corrected chi connectivity index (χ1v) is 2.50. The molecule has 3 nitrogen and oxygen atoms in total. The number of rotatable bonds is 1. The Bertz CT molecular complexity index is 212. The molecule has 0 bridgehead atoms. The smallest absolute Gasteiger partial charge is 0.258 e. The van der Waals surface area contributed by atoms with Crippen molar-refractivity contribution in [3.8, 4) is 0 Å². The molecule has 0 unspecified atom stereocenters. The van der Waals surface area contributed by atoms with E-state index in [1.807, 2.05) is 0 Å². The van der Waals surface area contributed by atoms with Gasteiger partial charge in [-0.25, -0.2) is 0 Å². The zero-order chi connectivity index (χ0) is 6.69. The Morgan fingerprint density at radius 1 is 1.20 bits per heavy atom. The van der Waals surface area contributed by atoms with Gasteiger partial charge in [-0.3, -0.25) is 10.1 Å². The number of hydrogen-bond donors (Lipinski definition) is 0. The van der Waals surface area contributed by atoms with Crippen molar-refractivity contribution in [2.75, 3.05) is 0 Å². The van der Waals surface area contributed by atoms with Crippen LogP contribution in [0.4, 0.5) is 5.69 Å². The van der Waals surface area contributed by atoms with Crippen LogP contribution in [0.25, 0.3) is 0 Å². The first kappa shape index (κ1) is 10.3. The Morgan fingerprint density at radius 2 is 1.70 bits per heavy atom. The Labute approximate surface area is 101 Å². The Balaban J connectivity index is 0.000000810. The van der Waals surface area contributed by atoms with Crippen LogP contribution in [0, 0.1) is 10.1 Å².